The van der Waals surface area contributed by atoms with Crippen molar-refractivity contribution < 1.29 is 86.6 Å². The molecule has 0 amide bonds. The van der Waals surface area contributed by atoms with Crippen molar-refractivity contribution in [3.63, 3.8) is 0 Å². The molecule has 0 spiro atoms. The average molecular weight is 578 g/mol. The van der Waals surface area contributed by atoms with Crippen LogP contribution >= 0.6 is 0 Å². The highest BCUT2D eigenvalue weighted by molar-refractivity contribution is 7.94. The van der Waals surface area contributed by atoms with E-state index in [2.05, 4.69) is 0 Å². The Hall–Kier alpha value is -2.00. The second kappa shape index (κ2) is 7.75. The van der Waals surface area contributed by atoms with Gasteiger partial charge in [0.2, 0.25) is 0 Å². The van der Waals surface area contributed by atoms with Crippen molar-refractivity contribution in [1.29, 1.82) is 0 Å². The van der Waals surface area contributed by atoms with Crippen LogP contribution in [-0.4, -0.2) is 45.4 Å². The molecular formula is C12H2F16O4S2. The minimum Gasteiger partial charge on any atom is -0.217 e. The zero-order valence-corrected chi connectivity index (χ0v) is 16.3. The predicted octanol–water partition coefficient (Wildman–Crippen LogP) is 5.15. The van der Waals surface area contributed by atoms with Crippen molar-refractivity contribution in [3.8, 4) is 0 Å². The van der Waals surface area contributed by atoms with Crippen LogP contribution in [0.5, 0.6) is 0 Å². The van der Waals surface area contributed by atoms with Crippen LogP contribution in [0.2, 0.25) is 0 Å². The number of rotatable bonds is 7. The first-order valence-corrected chi connectivity index (χ1v) is 10.0. The summed E-state index contributed by atoms with van der Waals surface area (Å²) in [6.45, 7) is 0. The van der Waals surface area contributed by atoms with Crippen LogP contribution in [0.4, 0.5) is 69.7 Å². The summed E-state index contributed by atoms with van der Waals surface area (Å²) in [5, 5.41) is -14.6. The summed E-state index contributed by atoms with van der Waals surface area (Å²) < 4.78 is 253. The number of hydrogen-bond acceptors (Lipinski definition) is 4. The fourth-order valence-electron chi connectivity index (χ4n) is 1.98. The highest BCUT2D eigenvalue weighted by Gasteiger charge is 2.82. The van der Waals surface area contributed by atoms with E-state index in [1.807, 2.05) is 0 Å². The van der Waals surface area contributed by atoms with Crippen LogP contribution in [0.15, 0.2) is 17.0 Å². The van der Waals surface area contributed by atoms with Crippen molar-refractivity contribution in [2.75, 3.05) is 0 Å². The first-order chi connectivity index (χ1) is 14.5. The molecule has 0 heterocycles. The first-order valence-electron chi connectivity index (χ1n) is 7.17. The molecule has 0 fully saturated rings. The number of halogens is 16. The predicted molar refractivity (Wildman–Crippen MR) is 73.3 cm³/mol. The Morgan fingerprint density at radius 1 is 0.588 bits per heavy atom. The molecule has 1 rings (SSSR count). The van der Waals surface area contributed by atoms with Gasteiger partial charge in [-0.25, -0.2) is 17.2 Å². The van der Waals surface area contributed by atoms with Crippen molar-refractivity contribution in [2.45, 2.75) is 39.3 Å². The van der Waals surface area contributed by atoms with Crippen LogP contribution in [0.1, 0.15) is 5.56 Å². The topological polar surface area (TPSA) is 68.3 Å². The molecule has 0 aliphatic rings. The van der Waals surface area contributed by atoms with E-state index in [0.29, 0.717) is 0 Å². The normalized spacial score (nSPS) is 15.5. The van der Waals surface area contributed by atoms with Gasteiger partial charge in [0.25, 0.3) is 9.84 Å². The highest BCUT2D eigenvalue weighted by atomic mass is 32.3. The SMILES string of the molecule is O=S(=O)(F)C(F)(F)C(F)(F)S(=O)(=O)c1c(F)cc(C(F)(F)C(F)(F)C(F)(F)C(F)(F)F)cc1F. The summed E-state index contributed by atoms with van der Waals surface area (Å²) in [6, 6.07) is -3.04. The molecule has 0 unspecified atom stereocenters. The molecule has 0 N–H and O–H groups in total. The van der Waals surface area contributed by atoms with Gasteiger partial charge >= 0.3 is 44.7 Å². The third-order valence-corrected chi connectivity index (χ3v) is 6.61. The van der Waals surface area contributed by atoms with E-state index in [4.69, 9.17) is 0 Å². The van der Waals surface area contributed by atoms with Gasteiger partial charge < -0.3 is 0 Å². The average Bonchev–Trinajstić information content (AvgIpc) is 2.58. The zero-order valence-electron chi connectivity index (χ0n) is 14.7. The largest absolute Gasteiger partial charge is 0.460 e. The monoisotopic (exact) mass is 578 g/mol. The lowest BCUT2D eigenvalue weighted by atomic mass is 9.96. The Morgan fingerprint density at radius 2 is 0.941 bits per heavy atom. The molecule has 0 aliphatic heterocycles. The number of benzene rings is 1. The van der Waals surface area contributed by atoms with Crippen molar-refractivity contribution >= 4 is 20.1 Å². The van der Waals surface area contributed by atoms with Gasteiger partial charge in [0.05, 0.1) is 0 Å². The number of hydrogen-bond donors (Lipinski definition) is 0. The Labute approximate surface area is 176 Å². The Balaban J connectivity index is 3.86. The third-order valence-electron chi connectivity index (χ3n) is 3.76. The summed E-state index contributed by atoms with van der Waals surface area (Å²) in [5.41, 5.74) is -3.23. The molecule has 0 bridgehead atoms. The second-order valence-electron chi connectivity index (χ2n) is 5.96. The lowest BCUT2D eigenvalue weighted by Gasteiger charge is -2.34. The fourth-order valence-corrected chi connectivity index (χ4v) is 4.09. The molecule has 0 aliphatic carbocycles. The lowest BCUT2D eigenvalue weighted by Crippen LogP contribution is -2.59. The summed E-state index contributed by atoms with van der Waals surface area (Å²) in [7, 11) is -15.7. The standard InChI is InChI=1S/C12H2F16O4S2/c13-4-1-3(7(15,16)8(17,18)9(19,20)10(21,22)23)2-5(14)6(4)33(29,30)11(24,25)12(26,27)34(28,31)32/h1-2H. The number of sulfone groups is 1. The van der Waals surface area contributed by atoms with Gasteiger partial charge in [-0.2, -0.15) is 65.5 Å². The lowest BCUT2D eigenvalue weighted by molar-refractivity contribution is -0.399. The maximum absolute atomic E-state index is 13.8. The molecule has 22 heteroatoms. The van der Waals surface area contributed by atoms with Crippen molar-refractivity contribution in [3.05, 3.63) is 29.3 Å². The van der Waals surface area contributed by atoms with Crippen LogP contribution in [-0.2, 0) is 26.0 Å². The molecule has 0 radical (unpaired) electrons. The fraction of sp³-hybridized carbons (Fsp3) is 0.500. The van der Waals surface area contributed by atoms with Crippen LogP contribution in [0.25, 0.3) is 0 Å². The molecule has 0 atom stereocenters. The molecule has 4 nitrogen and oxygen atoms in total. The maximum atomic E-state index is 13.8. The van der Waals surface area contributed by atoms with Crippen LogP contribution in [0.3, 0.4) is 0 Å². The van der Waals surface area contributed by atoms with Gasteiger partial charge in [0.15, 0.2) is 0 Å². The van der Waals surface area contributed by atoms with Gasteiger partial charge in [-0.15, -0.1) is 0 Å². The van der Waals surface area contributed by atoms with E-state index < -0.39 is 88.7 Å². The molecule has 1 aromatic rings. The molecular weight excluding hydrogens is 576 g/mol. The molecule has 0 saturated carbocycles. The molecule has 1 aromatic carbocycles. The van der Waals surface area contributed by atoms with E-state index in [0.717, 1.165) is 0 Å². The van der Waals surface area contributed by atoms with E-state index in [1.165, 1.54) is 0 Å². The zero-order chi connectivity index (χ0) is 27.7. The van der Waals surface area contributed by atoms with Crippen LogP contribution in [0, 0.1) is 11.6 Å². The van der Waals surface area contributed by atoms with Gasteiger partial charge in [0, 0.05) is 5.56 Å². The Morgan fingerprint density at radius 3 is 1.24 bits per heavy atom. The quantitative estimate of drug-likeness (QED) is 0.332. The summed E-state index contributed by atoms with van der Waals surface area (Å²) in [6.07, 6.45) is -7.41. The number of alkyl halides is 13. The maximum Gasteiger partial charge on any atom is 0.460 e. The smallest absolute Gasteiger partial charge is 0.217 e. The minimum absolute atomic E-state index is 1.52. The summed E-state index contributed by atoms with van der Waals surface area (Å²) in [5.74, 6) is -29.1. The molecule has 198 valence electrons. The van der Waals surface area contributed by atoms with Crippen LogP contribution < -0.4 is 0 Å². The Bertz CT molecular complexity index is 1160. The second-order valence-corrected chi connectivity index (χ2v) is 9.28. The summed E-state index contributed by atoms with van der Waals surface area (Å²) in [4.78, 5) is -3.48. The Kier molecular flexibility index (Phi) is 6.85. The van der Waals surface area contributed by atoms with E-state index >= 15 is 0 Å². The van der Waals surface area contributed by atoms with Crippen molar-refractivity contribution in [2.24, 2.45) is 0 Å². The minimum atomic E-state index is -7.87. The third kappa shape index (κ3) is 3.94. The first kappa shape index (κ1) is 30.0. The highest BCUT2D eigenvalue weighted by Crippen LogP contribution is 2.57. The summed E-state index contributed by atoms with van der Waals surface area (Å²) >= 11 is 0. The van der Waals surface area contributed by atoms with Gasteiger partial charge in [-0.1, -0.05) is 3.89 Å². The van der Waals surface area contributed by atoms with Gasteiger partial charge in [-0.3, -0.25) is 0 Å². The van der Waals surface area contributed by atoms with E-state index in [1.54, 1.807) is 0 Å². The van der Waals surface area contributed by atoms with E-state index in [-0.39, 0.29) is 0 Å². The molecule has 0 aromatic heterocycles. The van der Waals surface area contributed by atoms with Crippen molar-refractivity contribution in [1.82, 2.24) is 0 Å². The van der Waals surface area contributed by atoms with E-state index in [9.17, 15) is 86.6 Å². The molecule has 0 saturated heterocycles. The molecule has 34 heavy (non-hydrogen) atoms. The van der Waals surface area contributed by atoms with Gasteiger partial charge in [0.1, 0.15) is 16.5 Å². The van der Waals surface area contributed by atoms with Gasteiger partial charge in [-0.05, 0) is 12.1 Å².